The summed E-state index contributed by atoms with van der Waals surface area (Å²) in [6, 6.07) is 18.5. The maximum Gasteiger partial charge on any atom is 0.0808 e. The molecule has 0 saturated carbocycles. The second-order valence-electron chi connectivity index (χ2n) is 8.94. The molecule has 0 bridgehead atoms. The molecule has 164 valence electrons. The van der Waals surface area contributed by atoms with Crippen LogP contribution in [0.1, 0.15) is 38.8 Å². The summed E-state index contributed by atoms with van der Waals surface area (Å²) in [6.07, 6.45) is 3.93. The summed E-state index contributed by atoms with van der Waals surface area (Å²) in [4.78, 5) is 0. The first-order valence-corrected chi connectivity index (χ1v) is 15.0. The third-order valence-electron chi connectivity index (χ3n) is 6.07. The van der Waals surface area contributed by atoms with Gasteiger partial charge in [0.15, 0.2) is 0 Å². The van der Waals surface area contributed by atoms with Crippen LogP contribution in [-0.4, -0.2) is 7.74 Å². The molecule has 0 fully saturated rings. The van der Waals surface area contributed by atoms with Crippen LogP contribution in [0.2, 0.25) is 13.1 Å². The number of halogens is 2. The van der Waals surface area contributed by atoms with E-state index < -0.39 is 15.2 Å². The van der Waals surface area contributed by atoms with Gasteiger partial charge in [-0.1, -0.05) is 106 Å². The number of rotatable bonds is 4. The molecule has 0 nitrogen and oxygen atoms in total. The molecule has 1 aliphatic carbocycles. The van der Waals surface area contributed by atoms with Crippen molar-refractivity contribution in [3.8, 4) is 0 Å². The van der Waals surface area contributed by atoms with Crippen LogP contribution in [0.5, 0.6) is 0 Å². The average Bonchev–Trinajstić information content (AvgIpc) is 2.82. The Morgan fingerprint density at radius 1 is 0.733 bits per heavy atom. The SMILES string of the molecule is CC1=C(C)C(C)(C)[C-]=C1[Si](C)(C)P(c1ccc(C)cc1)c1ccc(C)cc1.Cl.Cl.[Cr]. The van der Waals surface area contributed by atoms with Gasteiger partial charge < -0.3 is 0 Å². The largest absolute Gasteiger partial charge is 0.267 e. The predicted octanol–water partition coefficient (Wildman–Crippen LogP) is 7.43. The van der Waals surface area contributed by atoms with Crippen molar-refractivity contribution < 1.29 is 17.4 Å². The Hall–Kier alpha value is -0.321. The van der Waals surface area contributed by atoms with Crippen molar-refractivity contribution in [3.63, 3.8) is 0 Å². The zero-order valence-electron chi connectivity index (χ0n) is 19.3. The summed E-state index contributed by atoms with van der Waals surface area (Å²) < 4.78 is 0. The molecule has 2 aromatic carbocycles. The maximum absolute atomic E-state index is 3.93. The van der Waals surface area contributed by atoms with Crippen molar-refractivity contribution in [1.29, 1.82) is 0 Å². The fourth-order valence-electron chi connectivity index (χ4n) is 4.06. The van der Waals surface area contributed by atoms with Crippen LogP contribution in [0.25, 0.3) is 0 Å². The van der Waals surface area contributed by atoms with E-state index in [-0.39, 0.29) is 47.6 Å². The van der Waals surface area contributed by atoms with E-state index in [4.69, 9.17) is 0 Å². The minimum atomic E-state index is -1.80. The predicted molar refractivity (Wildman–Crippen MR) is 139 cm³/mol. The third-order valence-corrected chi connectivity index (χ3v) is 16.1. The molecule has 30 heavy (non-hydrogen) atoms. The van der Waals surface area contributed by atoms with Gasteiger partial charge in [-0.3, -0.25) is 6.08 Å². The molecule has 0 aromatic heterocycles. The van der Waals surface area contributed by atoms with Crippen molar-refractivity contribution in [2.24, 2.45) is 5.41 Å². The molecular formula is C25H34Cl2CrPSi-. The molecule has 0 atom stereocenters. The monoisotopic (exact) mass is 515 g/mol. The van der Waals surface area contributed by atoms with E-state index in [1.807, 2.05) is 0 Å². The van der Waals surface area contributed by atoms with Crippen molar-refractivity contribution >= 4 is 50.6 Å². The smallest absolute Gasteiger partial charge is 0.0808 e. The summed E-state index contributed by atoms with van der Waals surface area (Å²) in [7, 11) is -2.21. The Morgan fingerprint density at radius 2 is 1.10 bits per heavy atom. The van der Waals surface area contributed by atoms with Crippen LogP contribution in [0.3, 0.4) is 0 Å². The third kappa shape index (κ3) is 5.72. The summed E-state index contributed by atoms with van der Waals surface area (Å²) in [5.41, 5.74) is 5.70. The van der Waals surface area contributed by atoms with Crippen molar-refractivity contribution in [2.45, 2.75) is 54.6 Å². The van der Waals surface area contributed by atoms with E-state index in [2.05, 4.69) is 109 Å². The van der Waals surface area contributed by atoms with Gasteiger partial charge in [-0.2, -0.15) is 5.57 Å². The molecule has 0 aliphatic heterocycles. The Labute approximate surface area is 209 Å². The average molecular weight is 517 g/mol. The van der Waals surface area contributed by atoms with Crippen LogP contribution in [0.4, 0.5) is 0 Å². The van der Waals surface area contributed by atoms with Crippen LogP contribution >= 0.6 is 32.3 Å². The van der Waals surface area contributed by atoms with Crippen LogP contribution in [0.15, 0.2) is 64.9 Å². The van der Waals surface area contributed by atoms with Gasteiger partial charge in [0.25, 0.3) is 0 Å². The quantitative estimate of drug-likeness (QED) is 0.225. The summed E-state index contributed by atoms with van der Waals surface area (Å²) in [6.45, 7) is 18.7. The van der Waals surface area contributed by atoms with Gasteiger partial charge in [-0.25, -0.2) is 10.8 Å². The first kappa shape index (κ1) is 29.7. The fraction of sp³-hybridized carbons (Fsp3) is 0.360. The van der Waals surface area contributed by atoms with Crippen LogP contribution < -0.4 is 10.6 Å². The van der Waals surface area contributed by atoms with Crippen LogP contribution in [0, 0.1) is 25.3 Å². The Balaban J connectivity index is 0.00000280. The van der Waals surface area contributed by atoms with E-state index in [9.17, 15) is 0 Å². The Morgan fingerprint density at radius 3 is 1.40 bits per heavy atom. The number of hydrogen-bond donors (Lipinski definition) is 0. The molecule has 2 aromatic rings. The minimum Gasteiger partial charge on any atom is -0.267 e. The maximum atomic E-state index is 3.93. The van der Waals surface area contributed by atoms with Crippen molar-refractivity contribution in [2.75, 3.05) is 0 Å². The Kier molecular flexibility index (Phi) is 10.9. The van der Waals surface area contributed by atoms with Gasteiger partial charge in [0.1, 0.15) is 0 Å². The molecule has 0 unspecified atom stereocenters. The van der Waals surface area contributed by atoms with Gasteiger partial charge >= 0.3 is 0 Å². The zero-order chi connectivity index (χ0) is 20.0. The standard InChI is InChI=1S/C25H32PSi.2ClH.Cr/c1-18-9-13-22(14-10-18)26(23-15-11-19(2)12-16-23)27(7,8)24-17-25(5,6)21(4)20(24)3;;;/h9-16H,1-8H3;2*1H;/q-1;;;. The molecular weight excluding hydrogens is 482 g/mol. The second kappa shape index (κ2) is 11.0. The Bertz CT molecular complexity index is 868. The van der Waals surface area contributed by atoms with Gasteiger partial charge in [0, 0.05) is 17.4 Å². The van der Waals surface area contributed by atoms with Crippen molar-refractivity contribution in [3.05, 3.63) is 82.1 Å². The molecule has 0 heterocycles. The van der Waals surface area contributed by atoms with Gasteiger partial charge in [-0.05, 0) is 24.5 Å². The molecule has 0 N–H and O–H groups in total. The molecule has 3 rings (SSSR count). The molecule has 5 heteroatoms. The summed E-state index contributed by atoms with van der Waals surface area (Å²) in [5.74, 6) is 0. The van der Waals surface area contributed by atoms with E-state index >= 15 is 0 Å². The van der Waals surface area contributed by atoms with E-state index in [0.717, 1.165) is 0 Å². The van der Waals surface area contributed by atoms with Gasteiger partial charge in [0.05, 0.1) is 7.74 Å². The number of allylic oxidation sites excluding steroid dienone is 4. The number of benzene rings is 2. The zero-order valence-corrected chi connectivity index (χ0v) is 24.1. The van der Waals surface area contributed by atoms with E-state index in [0.29, 0.717) is 0 Å². The second-order valence-corrected chi connectivity index (χ2v) is 19.0. The molecule has 0 radical (unpaired) electrons. The molecule has 0 amide bonds. The number of hydrogen-bond acceptors (Lipinski definition) is 0. The number of aryl methyl sites for hydroxylation is 2. The van der Waals surface area contributed by atoms with E-state index in [1.54, 1.807) is 0 Å². The molecule has 0 spiro atoms. The molecule has 1 aliphatic rings. The van der Waals surface area contributed by atoms with Gasteiger partial charge in [0.2, 0.25) is 0 Å². The molecule has 0 saturated heterocycles. The fourth-order valence-corrected chi connectivity index (χ4v) is 14.6. The van der Waals surface area contributed by atoms with Crippen molar-refractivity contribution in [1.82, 2.24) is 0 Å². The van der Waals surface area contributed by atoms with Gasteiger partial charge in [-0.15, -0.1) is 31.7 Å². The first-order valence-electron chi connectivity index (χ1n) is 9.81. The minimum absolute atomic E-state index is 0. The summed E-state index contributed by atoms with van der Waals surface area (Å²) in [5, 5.41) is 4.54. The normalized spacial score (nSPS) is 15.2. The first-order chi connectivity index (χ1) is 12.5. The van der Waals surface area contributed by atoms with Crippen LogP contribution in [-0.2, 0) is 17.4 Å². The van der Waals surface area contributed by atoms with E-state index in [1.165, 1.54) is 38.1 Å². The summed E-state index contributed by atoms with van der Waals surface area (Å²) >= 11 is 0. The topological polar surface area (TPSA) is 0 Å².